The Morgan fingerprint density at radius 2 is 2.11 bits per heavy atom. The van der Waals surface area contributed by atoms with Crippen LogP contribution >= 0.6 is 0 Å². The van der Waals surface area contributed by atoms with Crippen molar-refractivity contribution in [3.63, 3.8) is 0 Å². The normalized spacial score (nSPS) is 19.9. The number of benzene rings is 1. The zero-order chi connectivity index (χ0) is 13.1. The minimum atomic E-state index is -0.749. The number of rotatable bonds is 4. The van der Waals surface area contributed by atoms with E-state index in [9.17, 15) is 14.9 Å². The predicted octanol–water partition coefficient (Wildman–Crippen LogP) is 1.50. The first-order valence-corrected chi connectivity index (χ1v) is 5.75. The fourth-order valence-corrected chi connectivity index (χ4v) is 2.16. The molecule has 0 spiro atoms. The van der Waals surface area contributed by atoms with E-state index in [1.54, 1.807) is 12.1 Å². The van der Waals surface area contributed by atoms with Gasteiger partial charge in [0.2, 0.25) is 0 Å². The molecular weight excluding hydrogens is 236 g/mol. The molecule has 1 fully saturated rings. The zero-order valence-electron chi connectivity index (χ0n) is 9.78. The van der Waals surface area contributed by atoms with Crippen molar-refractivity contribution in [2.75, 3.05) is 13.1 Å². The quantitative estimate of drug-likeness (QED) is 0.646. The summed E-state index contributed by atoms with van der Waals surface area (Å²) >= 11 is 0. The summed E-state index contributed by atoms with van der Waals surface area (Å²) < 4.78 is 0. The Bertz CT molecular complexity index is 458. The standard InChI is InChI=1S/C12H14N2O4/c15-12(16)10-5-6-13(8-10)7-9-1-3-11(4-2-9)14(17)18/h1-4,10H,5-8H2,(H,15,16). The third-order valence-electron chi connectivity index (χ3n) is 3.17. The van der Waals surface area contributed by atoms with Crippen LogP contribution in [0.15, 0.2) is 24.3 Å². The van der Waals surface area contributed by atoms with E-state index in [2.05, 4.69) is 4.90 Å². The molecule has 6 nitrogen and oxygen atoms in total. The summed E-state index contributed by atoms with van der Waals surface area (Å²) in [4.78, 5) is 22.9. The van der Waals surface area contributed by atoms with Gasteiger partial charge >= 0.3 is 5.97 Å². The summed E-state index contributed by atoms with van der Waals surface area (Å²) in [6.45, 7) is 1.95. The molecule has 1 atom stereocenters. The van der Waals surface area contributed by atoms with Crippen LogP contribution in [0.25, 0.3) is 0 Å². The monoisotopic (exact) mass is 250 g/mol. The van der Waals surface area contributed by atoms with Gasteiger partial charge in [-0.15, -0.1) is 0 Å². The molecule has 0 amide bonds. The molecule has 1 aliphatic heterocycles. The maximum Gasteiger partial charge on any atom is 0.307 e. The van der Waals surface area contributed by atoms with Gasteiger partial charge in [0.1, 0.15) is 0 Å². The largest absolute Gasteiger partial charge is 0.481 e. The van der Waals surface area contributed by atoms with Gasteiger partial charge in [0.25, 0.3) is 5.69 Å². The molecule has 1 aromatic carbocycles. The highest BCUT2D eigenvalue weighted by Crippen LogP contribution is 2.20. The highest BCUT2D eigenvalue weighted by Gasteiger charge is 2.27. The number of hydrogen-bond acceptors (Lipinski definition) is 4. The lowest BCUT2D eigenvalue weighted by Crippen LogP contribution is -2.22. The first-order chi connectivity index (χ1) is 8.56. The van der Waals surface area contributed by atoms with Crippen LogP contribution in [-0.2, 0) is 11.3 Å². The Hall–Kier alpha value is -1.95. The average molecular weight is 250 g/mol. The first kappa shape index (κ1) is 12.5. The summed E-state index contributed by atoms with van der Waals surface area (Å²) in [6.07, 6.45) is 0.669. The number of non-ortho nitro benzene ring substituents is 1. The molecule has 1 N–H and O–H groups in total. The van der Waals surface area contributed by atoms with Gasteiger partial charge in [-0.1, -0.05) is 12.1 Å². The van der Waals surface area contributed by atoms with Gasteiger partial charge in [-0.05, 0) is 18.5 Å². The Morgan fingerprint density at radius 1 is 1.44 bits per heavy atom. The van der Waals surface area contributed by atoms with Gasteiger partial charge in [-0.3, -0.25) is 19.8 Å². The number of likely N-dealkylation sites (tertiary alicyclic amines) is 1. The molecule has 0 radical (unpaired) electrons. The van der Waals surface area contributed by atoms with Crippen molar-refractivity contribution in [3.05, 3.63) is 39.9 Å². The summed E-state index contributed by atoms with van der Waals surface area (Å²) in [6, 6.07) is 6.37. The van der Waals surface area contributed by atoms with E-state index < -0.39 is 10.9 Å². The number of carboxylic acids is 1. The molecule has 1 unspecified atom stereocenters. The van der Waals surface area contributed by atoms with Crippen LogP contribution in [0.1, 0.15) is 12.0 Å². The number of carbonyl (C=O) groups is 1. The van der Waals surface area contributed by atoms with Gasteiger partial charge in [0, 0.05) is 25.2 Å². The second-order valence-electron chi connectivity index (χ2n) is 4.48. The lowest BCUT2D eigenvalue weighted by Gasteiger charge is -2.14. The Morgan fingerprint density at radius 3 is 2.61 bits per heavy atom. The number of aliphatic carboxylic acids is 1. The van der Waals surface area contributed by atoms with E-state index >= 15 is 0 Å². The topological polar surface area (TPSA) is 83.7 Å². The van der Waals surface area contributed by atoms with Crippen LogP contribution in [0.4, 0.5) is 5.69 Å². The number of nitro benzene ring substituents is 1. The average Bonchev–Trinajstić information content (AvgIpc) is 2.78. The van der Waals surface area contributed by atoms with Crippen LogP contribution in [-0.4, -0.2) is 34.0 Å². The van der Waals surface area contributed by atoms with Gasteiger partial charge in [0.15, 0.2) is 0 Å². The van der Waals surface area contributed by atoms with Gasteiger partial charge in [-0.25, -0.2) is 0 Å². The van der Waals surface area contributed by atoms with Crippen molar-refractivity contribution in [1.29, 1.82) is 0 Å². The molecular formula is C12H14N2O4. The number of hydrogen-bond donors (Lipinski definition) is 1. The highest BCUT2D eigenvalue weighted by molar-refractivity contribution is 5.70. The molecule has 0 bridgehead atoms. The summed E-state index contributed by atoms with van der Waals surface area (Å²) in [7, 11) is 0. The molecule has 6 heteroatoms. The third kappa shape index (κ3) is 2.84. The molecule has 96 valence electrons. The van der Waals surface area contributed by atoms with E-state index in [-0.39, 0.29) is 11.6 Å². The smallest absolute Gasteiger partial charge is 0.307 e. The minimum absolute atomic E-state index is 0.0728. The molecule has 0 aliphatic carbocycles. The Kier molecular flexibility index (Phi) is 3.57. The van der Waals surface area contributed by atoms with Crippen molar-refractivity contribution < 1.29 is 14.8 Å². The minimum Gasteiger partial charge on any atom is -0.481 e. The van der Waals surface area contributed by atoms with Crippen molar-refractivity contribution in [2.45, 2.75) is 13.0 Å². The Labute approximate surface area is 104 Å². The maximum atomic E-state index is 10.8. The summed E-state index contributed by atoms with van der Waals surface area (Å²) in [5.41, 5.74) is 1.04. The van der Waals surface area contributed by atoms with E-state index in [0.717, 1.165) is 12.1 Å². The predicted molar refractivity (Wildman–Crippen MR) is 64.1 cm³/mol. The van der Waals surface area contributed by atoms with Crippen molar-refractivity contribution in [1.82, 2.24) is 4.90 Å². The molecule has 0 aromatic heterocycles. The SMILES string of the molecule is O=C(O)C1CCN(Cc2ccc([N+](=O)[O-])cc2)C1. The van der Waals surface area contributed by atoms with Crippen LogP contribution in [0.2, 0.25) is 0 Å². The molecule has 1 saturated heterocycles. The fourth-order valence-electron chi connectivity index (χ4n) is 2.16. The Balaban J connectivity index is 1.94. The van der Waals surface area contributed by atoms with Crippen LogP contribution in [0.5, 0.6) is 0 Å². The second-order valence-corrected chi connectivity index (χ2v) is 4.48. The van der Waals surface area contributed by atoms with Crippen molar-refractivity contribution in [3.8, 4) is 0 Å². The van der Waals surface area contributed by atoms with Gasteiger partial charge < -0.3 is 5.11 Å². The molecule has 2 rings (SSSR count). The maximum absolute atomic E-state index is 10.8. The van der Waals surface area contributed by atoms with E-state index in [1.807, 2.05) is 0 Å². The molecule has 18 heavy (non-hydrogen) atoms. The van der Waals surface area contributed by atoms with Gasteiger partial charge in [-0.2, -0.15) is 0 Å². The summed E-state index contributed by atoms with van der Waals surface area (Å²) in [5, 5.41) is 19.4. The van der Waals surface area contributed by atoms with Gasteiger partial charge in [0.05, 0.1) is 10.8 Å². The van der Waals surface area contributed by atoms with Crippen molar-refractivity contribution >= 4 is 11.7 Å². The third-order valence-corrected chi connectivity index (χ3v) is 3.17. The van der Waals surface area contributed by atoms with Crippen LogP contribution in [0.3, 0.4) is 0 Å². The number of nitrogens with zero attached hydrogens (tertiary/aromatic N) is 2. The first-order valence-electron chi connectivity index (χ1n) is 5.75. The van der Waals surface area contributed by atoms with Crippen LogP contribution < -0.4 is 0 Å². The number of nitro groups is 1. The van der Waals surface area contributed by atoms with Crippen LogP contribution in [0, 0.1) is 16.0 Å². The van der Waals surface area contributed by atoms with E-state index in [0.29, 0.717) is 19.5 Å². The van der Waals surface area contributed by atoms with E-state index in [4.69, 9.17) is 5.11 Å². The van der Waals surface area contributed by atoms with Crippen molar-refractivity contribution in [2.24, 2.45) is 5.92 Å². The molecule has 1 aliphatic rings. The fraction of sp³-hybridized carbons (Fsp3) is 0.417. The lowest BCUT2D eigenvalue weighted by molar-refractivity contribution is -0.384. The van der Waals surface area contributed by atoms with E-state index in [1.165, 1.54) is 12.1 Å². The highest BCUT2D eigenvalue weighted by atomic mass is 16.6. The summed E-state index contributed by atoms with van der Waals surface area (Å²) in [5.74, 6) is -1.04. The zero-order valence-corrected chi connectivity index (χ0v) is 9.78. The second kappa shape index (κ2) is 5.14. The molecule has 0 saturated carbocycles. The molecule has 1 heterocycles. The number of carboxylic acid groups (broad SMARTS) is 1. The lowest BCUT2D eigenvalue weighted by atomic mass is 10.1. The molecule has 1 aromatic rings.